The van der Waals surface area contributed by atoms with Gasteiger partial charge in [-0.3, -0.25) is 9.59 Å². The van der Waals surface area contributed by atoms with Crippen molar-refractivity contribution in [1.82, 2.24) is 0 Å². The molecule has 0 heterocycles. The Morgan fingerprint density at radius 2 is 1.67 bits per heavy atom. The van der Waals surface area contributed by atoms with Crippen molar-refractivity contribution in [3.8, 4) is 0 Å². The third-order valence-electron chi connectivity index (χ3n) is 1.87. The Hall–Kier alpha value is -1.85. The zero-order chi connectivity index (χ0) is 14.3. The first kappa shape index (κ1) is 16.1. The Morgan fingerprint density at radius 1 is 1.11 bits per heavy atom. The van der Waals surface area contributed by atoms with Gasteiger partial charge in [-0.1, -0.05) is 6.58 Å². The Bertz CT molecular complexity index is 350. The molecule has 0 aliphatic heterocycles. The molecule has 0 N–H and O–H groups in total. The topological polar surface area (TPSA) is 78.9 Å². The number of rotatable bonds is 5. The molecule has 0 radical (unpaired) electrons. The number of esters is 3. The van der Waals surface area contributed by atoms with Crippen LogP contribution in [-0.2, 0) is 28.6 Å². The van der Waals surface area contributed by atoms with Gasteiger partial charge in [0.25, 0.3) is 0 Å². The van der Waals surface area contributed by atoms with Gasteiger partial charge in [0.1, 0.15) is 0 Å². The molecule has 0 aliphatic rings. The lowest BCUT2D eigenvalue weighted by molar-refractivity contribution is -0.171. The van der Waals surface area contributed by atoms with Crippen molar-refractivity contribution in [2.45, 2.75) is 27.2 Å². The van der Waals surface area contributed by atoms with Crippen LogP contribution in [0.3, 0.4) is 0 Å². The predicted octanol–water partition coefficient (Wildman–Crippen LogP) is 1.20. The predicted molar refractivity (Wildman–Crippen MR) is 62.3 cm³/mol. The molecular weight excluding hydrogens is 240 g/mol. The van der Waals surface area contributed by atoms with E-state index in [1.54, 1.807) is 20.8 Å². The van der Waals surface area contributed by atoms with Gasteiger partial charge in [-0.05, 0) is 20.8 Å². The van der Waals surface area contributed by atoms with Crippen LogP contribution in [0.5, 0.6) is 0 Å². The summed E-state index contributed by atoms with van der Waals surface area (Å²) in [5.74, 6) is -1.89. The van der Waals surface area contributed by atoms with E-state index in [-0.39, 0.29) is 12.0 Å². The number of hydrogen-bond acceptors (Lipinski definition) is 6. The Morgan fingerprint density at radius 3 is 2.11 bits per heavy atom. The van der Waals surface area contributed by atoms with Crippen molar-refractivity contribution in [3.05, 3.63) is 12.2 Å². The van der Waals surface area contributed by atoms with Crippen molar-refractivity contribution >= 4 is 17.9 Å². The van der Waals surface area contributed by atoms with Gasteiger partial charge in [-0.2, -0.15) is 0 Å². The molecule has 0 aliphatic carbocycles. The van der Waals surface area contributed by atoms with Crippen LogP contribution in [0.1, 0.15) is 27.2 Å². The molecule has 0 amide bonds. The molecule has 0 atom stereocenters. The van der Waals surface area contributed by atoms with Gasteiger partial charge in [0, 0.05) is 5.57 Å². The van der Waals surface area contributed by atoms with Crippen LogP contribution in [0.25, 0.3) is 0 Å². The molecular formula is C12H18O6. The highest BCUT2D eigenvalue weighted by molar-refractivity contribution is 5.93. The average molecular weight is 258 g/mol. The molecule has 6 nitrogen and oxygen atoms in total. The van der Waals surface area contributed by atoms with Crippen molar-refractivity contribution in [3.63, 3.8) is 0 Å². The number of carbonyl (C=O) groups excluding carboxylic acids is 3. The highest BCUT2D eigenvalue weighted by atomic mass is 16.7. The zero-order valence-electron chi connectivity index (χ0n) is 11.1. The number of hydrogen-bond donors (Lipinski definition) is 0. The lowest BCUT2D eigenvalue weighted by atomic mass is 9.98. The lowest BCUT2D eigenvalue weighted by Crippen LogP contribution is -2.25. The summed E-state index contributed by atoms with van der Waals surface area (Å²) in [7, 11) is 1.20. The standard InChI is InChI=1S/C12H18O6/c1-8(6-9(13)16-5)10(14)17-7-18-11(15)12(2,3)4/h1,6-7H2,2-5H3. The van der Waals surface area contributed by atoms with E-state index >= 15 is 0 Å². The number of ether oxygens (including phenoxy) is 3. The van der Waals surface area contributed by atoms with Crippen LogP contribution in [0.15, 0.2) is 12.2 Å². The molecule has 0 unspecified atom stereocenters. The summed E-state index contributed by atoms with van der Waals surface area (Å²) in [6, 6.07) is 0. The van der Waals surface area contributed by atoms with E-state index < -0.39 is 30.1 Å². The monoisotopic (exact) mass is 258 g/mol. The van der Waals surface area contributed by atoms with E-state index in [1.807, 2.05) is 0 Å². The fourth-order valence-electron chi connectivity index (χ4n) is 0.774. The van der Waals surface area contributed by atoms with Crippen molar-refractivity contribution in [1.29, 1.82) is 0 Å². The SMILES string of the molecule is C=C(CC(=O)OC)C(=O)OCOC(=O)C(C)(C)C. The molecule has 6 heteroatoms. The number of methoxy groups -OCH3 is 1. The molecule has 0 aromatic rings. The van der Waals surface area contributed by atoms with Gasteiger partial charge >= 0.3 is 17.9 Å². The van der Waals surface area contributed by atoms with Gasteiger partial charge < -0.3 is 14.2 Å². The average Bonchev–Trinajstić information content (AvgIpc) is 2.26. The molecule has 0 spiro atoms. The van der Waals surface area contributed by atoms with Crippen molar-refractivity contribution in [2.24, 2.45) is 5.41 Å². The molecule has 0 rings (SSSR count). The zero-order valence-corrected chi connectivity index (χ0v) is 11.1. The molecule has 0 saturated heterocycles. The van der Waals surface area contributed by atoms with E-state index in [1.165, 1.54) is 7.11 Å². The second-order valence-electron chi connectivity index (χ2n) is 4.59. The van der Waals surface area contributed by atoms with Crippen LogP contribution >= 0.6 is 0 Å². The summed E-state index contributed by atoms with van der Waals surface area (Å²) in [6.45, 7) is 7.89. The van der Waals surface area contributed by atoms with Gasteiger partial charge in [-0.15, -0.1) is 0 Å². The van der Waals surface area contributed by atoms with E-state index in [4.69, 9.17) is 4.74 Å². The minimum absolute atomic E-state index is 0.0614. The third kappa shape index (κ3) is 6.03. The van der Waals surface area contributed by atoms with Gasteiger partial charge in [0.05, 0.1) is 18.9 Å². The second-order valence-corrected chi connectivity index (χ2v) is 4.59. The molecule has 0 aromatic carbocycles. The highest BCUT2D eigenvalue weighted by Gasteiger charge is 2.23. The smallest absolute Gasteiger partial charge is 0.336 e. The normalized spacial score (nSPS) is 10.4. The Balaban J connectivity index is 4.02. The molecule has 0 saturated carbocycles. The first-order chi connectivity index (χ1) is 8.18. The van der Waals surface area contributed by atoms with Gasteiger partial charge in [0.2, 0.25) is 6.79 Å². The summed E-state index contributed by atoms with van der Waals surface area (Å²) in [6.07, 6.45) is -0.261. The summed E-state index contributed by atoms with van der Waals surface area (Å²) in [5, 5.41) is 0. The highest BCUT2D eigenvalue weighted by Crippen LogP contribution is 2.15. The maximum Gasteiger partial charge on any atom is 0.336 e. The lowest BCUT2D eigenvalue weighted by Gasteiger charge is -2.16. The van der Waals surface area contributed by atoms with E-state index in [0.717, 1.165) is 0 Å². The maximum atomic E-state index is 11.3. The summed E-state index contributed by atoms with van der Waals surface area (Å²) < 4.78 is 13.7. The largest absolute Gasteiger partial charge is 0.469 e. The molecule has 0 fully saturated rings. The molecule has 102 valence electrons. The van der Waals surface area contributed by atoms with Crippen LogP contribution < -0.4 is 0 Å². The minimum atomic E-state index is -0.804. The quantitative estimate of drug-likeness (QED) is 0.419. The summed E-state index contributed by atoms with van der Waals surface area (Å²) in [4.78, 5) is 33.5. The molecule has 18 heavy (non-hydrogen) atoms. The minimum Gasteiger partial charge on any atom is -0.469 e. The number of carbonyl (C=O) groups is 3. The van der Waals surface area contributed by atoms with Crippen LogP contribution in [0, 0.1) is 5.41 Å². The van der Waals surface area contributed by atoms with Crippen molar-refractivity contribution < 1.29 is 28.6 Å². The summed E-state index contributed by atoms with van der Waals surface area (Å²) >= 11 is 0. The molecule has 0 bridgehead atoms. The second kappa shape index (κ2) is 6.78. The molecule has 0 aromatic heterocycles. The van der Waals surface area contributed by atoms with E-state index in [2.05, 4.69) is 16.1 Å². The first-order valence-corrected chi connectivity index (χ1v) is 5.27. The Kier molecular flexibility index (Phi) is 6.08. The van der Waals surface area contributed by atoms with E-state index in [0.29, 0.717) is 0 Å². The first-order valence-electron chi connectivity index (χ1n) is 5.27. The van der Waals surface area contributed by atoms with E-state index in [9.17, 15) is 14.4 Å². The van der Waals surface area contributed by atoms with Gasteiger partial charge in [-0.25, -0.2) is 4.79 Å². The fraction of sp³-hybridized carbons (Fsp3) is 0.583. The van der Waals surface area contributed by atoms with Crippen LogP contribution in [-0.4, -0.2) is 31.8 Å². The fourth-order valence-corrected chi connectivity index (χ4v) is 0.774. The Labute approximate surface area is 106 Å². The summed E-state index contributed by atoms with van der Waals surface area (Å²) in [5.41, 5.74) is -0.733. The van der Waals surface area contributed by atoms with Gasteiger partial charge in [0.15, 0.2) is 0 Å². The third-order valence-corrected chi connectivity index (χ3v) is 1.87. The van der Waals surface area contributed by atoms with Crippen molar-refractivity contribution in [2.75, 3.05) is 13.9 Å². The maximum absolute atomic E-state index is 11.3. The van der Waals surface area contributed by atoms with Crippen LogP contribution in [0.2, 0.25) is 0 Å². The van der Waals surface area contributed by atoms with Crippen LogP contribution in [0.4, 0.5) is 0 Å².